The van der Waals surface area contributed by atoms with E-state index in [-0.39, 0.29) is 11.7 Å². The monoisotopic (exact) mass is 481 g/mol. The van der Waals surface area contributed by atoms with Crippen LogP contribution in [0.5, 0.6) is 5.75 Å². The first-order chi connectivity index (χ1) is 12.5. The highest BCUT2D eigenvalue weighted by Crippen LogP contribution is 2.26. The van der Waals surface area contributed by atoms with Gasteiger partial charge < -0.3 is 14.5 Å². The average Bonchev–Trinajstić information content (AvgIpc) is 3.11. The fraction of sp³-hybridized carbons (Fsp3) is 0.167. The van der Waals surface area contributed by atoms with E-state index in [1.807, 2.05) is 49.4 Å². The molecular formula is C18H16IN3O3S. The van der Waals surface area contributed by atoms with Crippen LogP contribution < -0.4 is 10.1 Å². The molecule has 1 heterocycles. The molecule has 134 valence electrons. The number of halogens is 1. The normalized spacial score (nSPS) is 10.6. The third kappa shape index (κ3) is 4.76. The first-order valence-corrected chi connectivity index (χ1v) is 9.78. The van der Waals surface area contributed by atoms with Crippen LogP contribution in [0.2, 0.25) is 0 Å². The molecule has 0 radical (unpaired) electrons. The van der Waals surface area contributed by atoms with Crippen LogP contribution >= 0.6 is 34.4 Å². The van der Waals surface area contributed by atoms with Crippen molar-refractivity contribution in [3.05, 3.63) is 51.6 Å². The summed E-state index contributed by atoms with van der Waals surface area (Å²) >= 11 is 3.44. The van der Waals surface area contributed by atoms with Gasteiger partial charge in [0.25, 0.3) is 5.22 Å². The Labute approximate surface area is 168 Å². The van der Waals surface area contributed by atoms with Crippen molar-refractivity contribution < 1.29 is 13.9 Å². The van der Waals surface area contributed by atoms with Crippen LogP contribution in [0.4, 0.5) is 5.69 Å². The molecule has 26 heavy (non-hydrogen) atoms. The Morgan fingerprint density at radius 1 is 1.27 bits per heavy atom. The lowest BCUT2D eigenvalue weighted by Gasteiger charge is -2.07. The van der Waals surface area contributed by atoms with Crippen molar-refractivity contribution >= 4 is 45.9 Å². The zero-order valence-electron chi connectivity index (χ0n) is 14.2. The standard InChI is InChI=1S/C18H16IN3O3S/c1-11-8-13(19)6-7-15(11)20-16(23)10-26-18-22-21-17(25-18)12-4-3-5-14(9-12)24-2/h3-9H,10H2,1-2H3,(H,20,23). The number of ether oxygens (including phenoxy) is 1. The fourth-order valence-electron chi connectivity index (χ4n) is 2.22. The molecule has 0 bridgehead atoms. The third-order valence-electron chi connectivity index (χ3n) is 3.51. The van der Waals surface area contributed by atoms with Crippen LogP contribution in [-0.2, 0) is 4.79 Å². The topological polar surface area (TPSA) is 77.2 Å². The van der Waals surface area contributed by atoms with E-state index in [9.17, 15) is 4.79 Å². The molecule has 2 aromatic carbocycles. The minimum atomic E-state index is -0.125. The Morgan fingerprint density at radius 3 is 2.88 bits per heavy atom. The Balaban J connectivity index is 1.60. The van der Waals surface area contributed by atoms with Gasteiger partial charge in [-0.3, -0.25) is 4.79 Å². The minimum absolute atomic E-state index is 0.125. The molecule has 1 aromatic heterocycles. The number of nitrogens with zero attached hydrogens (tertiary/aromatic N) is 2. The van der Waals surface area contributed by atoms with E-state index < -0.39 is 0 Å². The number of rotatable bonds is 6. The van der Waals surface area contributed by atoms with Crippen molar-refractivity contribution in [2.45, 2.75) is 12.1 Å². The zero-order valence-corrected chi connectivity index (χ0v) is 17.1. The number of methoxy groups -OCH3 is 1. The fourth-order valence-corrected chi connectivity index (χ4v) is 3.43. The van der Waals surface area contributed by atoms with Gasteiger partial charge in [0.15, 0.2) is 0 Å². The van der Waals surface area contributed by atoms with E-state index in [4.69, 9.17) is 9.15 Å². The van der Waals surface area contributed by atoms with Crippen molar-refractivity contribution in [3.8, 4) is 17.2 Å². The summed E-state index contributed by atoms with van der Waals surface area (Å²) in [6.07, 6.45) is 0. The maximum Gasteiger partial charge on any atom is 0.277 e. The summed E-state index contributed by atoms with van der Waals surface area (Å²) in [5, 5.41) is 11.2. The van der Waals surface area contributed by atoms with Gasteiger partial charge in [-0.05, 0) is 71.5 Å². The Kier molecular flexibility index (Phi) is 6.15. The van der Waals surface area contributed by atoms with Crippen LogP contribution in [0.15, 0.2) is 52.1 Å². The minimum Gasteiger partial charge on any atom is -0.497 e. The quantitative estimate of drug-likeness (QED) is 0.416. The van der Waals surface area contributed by atoms with Crippen molar-refractivity contribution in [2.24, 2.45) is 0 Å². The maximum absolute atomic E-state index is 12.1. The number of anilines is 1. The van der Waals surface area contributed by atoms with Crippen molar-refractivity contribution in [2.75, 3.05) is 18.2 Å². The largest absolute Gasteiger partial charge is 0.497 e. The van der Waals surface area contributed by atoms with Gasteiger partial charge in [0.05, 0.1) is 12.9 Å². The Morgan fingerprint density at radius 2 is 2.12 bits per heavy atom. The number of hydrogen-bond acceptors (Lipinski definition) is 6. The number of aromatic nitrogens is 2. The molecule has 0 unspecified atom stereocenters. The van der Waals surface area contributed by atoms with E-state index in [1.54, 1.807) is 7.11 Å². The highest BCUT2D eigenvalue weighted by Gasteiger charge is 2.12. The summed E-state index contributed by atoms with van der Waals surface area (Å²) < 4.78 is 11.9. The molecule has 0 spiro atoms. The number of aryl methyl sites for hydroxylation is 1. The molecule has 0 aliphatic rings. The molecule has 0 saturated heterocycles. The number of hydrogen-bond donors (Lipinski definition) is 1. The lowest BCUT2D eigenvalue weighted by atomic mass is 10.2. The Hall–Kier alpha value is -2.07. The second-order valence-corrected chi connectivity index (χ2v) is 7.57. The summed E-state index contributed by atoms with van der Waals surface area (Å²) in [5.41, 5.74) is 2.59. The summed E-state index contributed by atoms with van der Waals surface area (Å²) in [6, 6.07) is 13.2. The molecule has 8 heteroatoms. The van der Waals surface area contributed by atoms with Crippen molar-refractivity contribution in [1.29, 1.82) is 0 Å². The molecule has 3 aromatic rings. The second-order valence-electron chi connectivity index (χ2n) is 5.40. The van der Waals surface area contributed by atoms with Gasteiger partial charge in [-0.15, -0.1) is 10.2 Å². The first-order valence-electron chi connectivity index (χ1n) is 7.72. The highest BCUT2D eigenvalue weighted by atomic mass is 127. The average molecular weight is 481 g/mol. The van der Waals surface area contributed by atoms with Gasteiger partial charge in [0.2, 0.25) is 11.8 Å². The van der Waals surface area contributed by atoms with E-state index in [0.717, 1.165) is 20.4 Å². The first kappa shape index (κ1) is 18.7. The molecule has 1 amide bonds. The van der Waals surface area contributed by atoms with E-state index in [1.165, 1.54) is 11.8 Å². The highest BCUT2D eigenvalue weighted by molar-refractivity contribution is 14.1. The maximum atomic E-state index is 12.1. The van der Waals surface area contributed by atoms with Crippen LogP contribution in [0.1, 0.15) is 5.56 Å². The Bertz CT molecular complexity index is 930. The molecule has 0 aliphatic heterocycles. The molecule has 0 saturated carbocycles. The molecular weight excluding hydrogens is 465 g/mol. The van der Waals surface area contributed by atoms with Gasteiger partial charge in [-0.25, -0.2) is 0 Å². The van der Waals surface area contributed by atoms with Gasteiger partial charge in [-0.1, -0.05) is 17.8 Å². The smallest absolute Gasteiger partial charge is 0.277 e. The number of amides is 1. The number of carbonyl (C=O) groups excluding carboxylic acids is 1. The summed E-state index contributed by atoms with van der Waals surface area (Å²) in [6.45, 7) is 1.96. The second kappa shape index (κ2) is 8.54. The van der Waals surface area contributed by atoms with Crippen LogP contribution in [-0.4, -0.2) is 29.0 Å². The third-order valence-corrected chi connectivity index (χ3v) is 5.00. The van der Waals surface area contributed by atoms with E-state index >= 15 is 0 Å². The van der Waals surface area contributed by atoms with Crippen LogP contribution in [0.25, 0.3) is 11.5 Å². The zero-order chi connectivity index (χ0) is 18.5. The number of benzene rings is 2. The lowest BCUT2D eigenvalue weighted by Crippen LogP contribution is -2.14. The molecule has 0 atom stereocenters. The number of thioether (sulfide) groups is 1. The van der Waals surface area contributed by atoms with E-state index in [2.05, 4.69) is 38.1 Å². The molecule has 1 N–H and O–H groups in total. The van der Waals surface area contributed by atoms with Gasteiger partial charge in [0, 0.05) is 14.8 Å². The number of nitrogens with one attached hydrogen (secondary N) is 1. The number of carbonyl (C=O) groups is 1. The lowest BCUT2D eigenvalue weighted by molar-refractivity contribution is -0.113. The molecule has 3 rings (SSSR count). The summed E-state index contributed by atoms with van der Waals surface area (Å²) in [4.78, 5) is 12.1. The van der Waals surface area contributed by atoms with Crippen molar-refractivity contribution in [3.63, 3.8) is 0 Å². The van der Waals surface area contributed by atoms with Gasteiger partial charge >= 0.3 is 0 Å². The van der Waals surface area contributed by atoms with Crippen molar-refractivity contribution in [1.82, 2.24) is 10.2 Å². The predicted octanol–water partition coefficient (Wildman–Crippen LogP) is 4.39. The summed E-state index contributed by atoms with van der Waals surface area (Å²) in [5.74, 6) is 1.16. The van der Waals surface area contributed by atoms with Gasteiger partial charge in [0.1, 0.15) is 5.75 Å². The molecule has 0 fully saturated rings. The van der Waals surface area contributed by atoms with Crippen LogP contribution in [0, 0.1) is 10.5 Å². The SMILES string of the molecule is COc1cccc(-c2nnc(SCC(=O)Nc3ccc(I)cc3C)o2)c1. The molecule has 6 nitrogen and oxygen atoms in total. The predicted molar refractivity (Wildman–Crippen MR) is 110 cm³/mol. The van der Waals surface area contributed by atoms with Crippen LogP contribution in [0.3, 0.4) is 0 Å². The molecule has 0 aliphatic carbocycles. The van der Waals surface area contributed by atoms with E-state index in [0.29, 0.717) is 16.9 Å². The van der Waals surface area contributed by atoms with Gasteiger partial charge in [-0.2, -0.15) is 0 Å². The summed E-state index contributed by atoms with van der Waals surface area (Å²) in [7, 11) is 1.60.